The molecule has 4 rings (SSSR count). The molecule has 1 aliphatic carbocycles. The lowest BCUT2D eigenvalue weighted by Crippen LogP contribution is -2.37. The fourth-order valence-corrected chi connectivity index (χ4v) is 4.99. The lowest BCUT2D eigenvalue weighted by Gasteiger charge is -2.26. The van der Waals surface area contributed by atoms with Crippen molar-refractivity contribution in [3.05, 3.63) is 54.7 Å². The highest BCUT2D eigenvalue weighted by molar-refractivity contribution is 8.01. The van der Waals surface area contributed by atoms with Crippen molar-refractivity contribution in [3.63, 3.8) is 0 Å². The highest BCUT2D eigenvalue weighted by Crippen LogP contribution is 2.46. The van der Waals surface area contributed by atoms with Gasteiger partial charge in [0.2, 0.25) is 5.91 Å². The van der Waals surface area contributed by atoms with E-state index in [0.29, 0.717) is 0 Å². The molecule has 3 aromatic rings. The van der Waals surface area contributed by atoms with Crippen LogP contribution in [0.1, 0.15) is 32.6 Å². The normalized spacial score (nSPS) is 15.5. The summed E-state index contributed by atoms with van der Waals surface area (Å²) in [4.78, 5) is 17.6. The maximum atomic E-state index is 13.2. The number of para-hydroxylation sites is 1. The van der Waals surface area contributed by atoms with E-state index in [1.165, 1.54) is 0 Å². The minimum Gasteiger partial charge on any atom is -0.325 e. The second-order valence-corrected chi connectivity index (χ2v) is 8.24. The van der Waals surface area contributed by atoms with E-state index in [-0.39, 0.29) is 5.91 Å². The van der Waals surface area contributed by atoms with Gasteiger partial charge in [-0.1, -0.05) is 48.9 Å². The smallest absolute Gasteiger partial charge is 0.241 e. The first kappa shape index (κ1) is 18.7. The number of carbonyl (C=O) groups excluding carboxylic acids is 1. The molecule has 6 nitrogen and oxygen atoms in total. The number of hydrogen-bond acceptors (Lipinski definition) is 5. The van der Waals surface area contributed by atoms with E-state index in [4.69, 9.17) is 0 Å². The second-order valence-electron chi connectivity index (χ2n) is 6.89. The maximum Gasteiger partial charge on any atom is 0.241 e. The maximum absolute atomic E-state index is 13.2. The Hall–Kier alpha value is -2.67. The molecule has 1 saturated carbocycles. The van der Waals surface area contributed by atoms with E-state index in [0.717, 1.165) is 54.6 Å². The van der Waals surface area contributed by atoms with Crippen LogP contribution in [0.4, 0.5) is 5.69 Å². The number of anilines is 1. The first-order chi connectivity index (χ1) is 13.7. The van der Waals surface area contributed by atoms with Gasteiger partial charge in [-0.25, -0.2) is 0 Å². The zero-order chi connectivity index (χ0) is 19.4. The van der Waals surface area contributed by atoms with Crippen molar-refractivity contribution in [2.75, 3.05) is 5.32 Å². The summed E-state index contributed by atoms with van der Waals surface area (Å²) >= 11 is 1.54. The Kier molecular flexibility index (Phi) is 5.43. The highest BCUT2D eigenvalue weighted by Gasteiger charge is 2.43. The minimum atomic E-state index is -0.517. The number of rotatable bonds is 6. The van der Waals surface area contributed by atoms with Crippen LogP contribution in [0.2, 0.25) is 0 Å². The molecular formula is C21H23N5OS. The van der Waals surface area contributed by atoms with E-state index in [9.17, 15) is 4.79 Å². The van der Waals surface area contributed by atoms with Gasteiger partial charge in [-0.2, -0.15) is 0 Å². The molecule has 1 fully saturated rings. The van der Waals surface area contributed by atoms with Gasteiger partial charge in [0.25, 0.3) is 0 Å². The van der Waals surface area contributed by atoms with Gasteiger partial charge in [0.15, 0.2) is 11.0 Å². The van der Waals surface area contributed by atoms with Crippen LogP contribution < -0.4 is 5.32 Å². The molecule has 2 aromatic heterocycles. The summed E-state index contributed by atoms with van der Waals surface area (Å²) in [6.07, 6.45) is 5.52. The fraction of sp³-hybridized carbons (Fsp3) is 0.333. The summed E-state index contributed by atoms with van der Waals surface area (Å²) in [6.45, 7) is 2.78. The standard InChI is InChI=1S/C21H23N5OS/c1-2-26-18(17-12-6-9-15-22-17)24-25-20(26)28-21(13-7-8-14-21)19(27)23-16-10-4-3-5-11-16/h3-6,9-12,15H,2,7-8,13-14H2,1H3,(H,23,27). The lowest BCUT2D eigenvalue weighted by molar-refractivity contribution is -0.118. The molecule has 1 aromatic carbocycles. The molecule has 144 valence electrons. The first-order valence-corrected chi connectivity index (χ1v) is 10.4. The lowest BCUT2D eigenvalue weighted by atomic mass is 10.1. The van der Waals surface area contributed by atoms with Crippen molar-refractivity contribution >= 4 is 23.4 Å². The Labute approximate surface area is 168 Å². The molecule has 0 atom stereocenters. The van der Waals surface area contributed by atoms with Gasteiger partial charge < -0.3 is 9.88 Å². The van der Waals surface area contributed by atoms with E-state index in [2.05, 4.69) is 27.4 Å². The van der Waals surface area contributed by atoms with Crippen molar-refractivity contribution in [2.45, 2.75) is 49.1 Å². The number of benzene rings is 1. The third-order valence-electron chi connectivity index (χ3n) is 5.07. The largest absolute Gasteiger partial charge is 0.325 e. The second kappa shape index (κ2) is 8.14. The molecule has 0 spiro atoms. The summed E-state index contributed by atoms with van der Waals surface area (Å²) in [5.74, 6) is 0.786. The van der Waals surface area contributed by atoms with Crippen molar-refractivity contribution < 1.29 is 4.79 Å². The Balaban J connectivity index is 1.62. The predicted octanol–water partition coefficient (Wildman–Crippen LogP) is 4.40. The van der Waals surface area contributed by atoms with Crippen molar-refractivity contribution in [2.24, 2.45) is 0 Å². The monoisotopic (exact) mass is 393 g/mol. The molecule has 0 bridgehead atoms. The number of thioether (sulfide) groups is 1. The number of nitrogens with one attached hydrogen (secondary N) is 1. The van der Waals surface area contributed by atoms with Gasteiger partial charge in [0.1, 0.15) is 10.4 Å². The average molecular weight is 394 g/mol. The average Bonchev–Trinajstić information content (AvgIpc) is 3.37. The molecule has 1 aliphatic rings. The number of hydrogen-bond donors (Lipinski definition) is 1. The SMILES string of the molecule is CCn1c(SC2(C(=O)Nc3ccccc3)CCCC2)nnc1-c1ccccn1. The Morgan fingerprint density at radius 3 is 2.54 bits per heavy atom. The van der Waals surface area contributed by atoms with Gasteiger partial charge >= 0.3 is 0 Å². The molecule has 0 radical (unpaired) electrons. The molecule has 1 amide bonds. The number of nitrogens with zero attached hydrogens (tertiary/aromatic N) is 4. The topological polar surface area (TPSA) is 72.7 Å². The van der Waals surface area contributed by atoms with Gasteiger partial charge in [-0.3, -0.25) is 9.78 Å². The van der Waals surface area contributed by atoms with E-state index >= 15 is 0 Å². The first-order valence-electron chi connectivity index (χ1n) is 9.62. The highest BCUT2D eigenvalue weighted by atomic mass is 32.2. The van der Waals surface area contributed by atoms with E-state index in [1.807, 2.05) is 53.1 Å². The van der Waals surface area contributed by atoms with Crippen LogP contribution >= 0.6 is 11.8 Å². The molecule has 0 saturated heterocycles. The molecule has 28 heavy (non-hydrogen) atoms. The fourth-order valence-electron chi connectivity index (χ4n) is 3.60. The molecule has 7 heteroatoms. The summed E-state index contributed by atoms with van der Waals surface area (Å²) in [5.41, 5.74) is 1.61. The number of aromatic nitrogens is 4. The molecule has 1 N–H and O–H groups in total. The Morgan fingerprint density at radius 2 is 1.86 bits per heavy atom. The third kappa shape index (κ3) is 3.67. The van der Waals surface area contributed by atoms with Crippen LogP contribution in [0.5, 0.6) is 0 Å². The Bertz CT molecular complexity index is 936. The summed E-state index contributed by atoms with van der Waals surface area (Å²) < 4.78 is 1.53. The van der Waals surface area contributed by atoms with Crippen molar-refractivity contribution in [3.8, 4) is 11.5 Å². The number of carbonyl (C=O) groups is 1. The molecule has 2 heterocycles. The summed E-state index contributed by atoms with van der Waals surface area (Å²) in [7, 11) is 0. The predicted molar refractivity (Wildman–Crippen MR) is 111 cm³/mol. The van der Waals surface area contributed by atoms with E-state index in [1.54, 1.807) is 18.0 Å². The van der Waals surface area contributed by atoms with Gasteiger partial charge in [0.05, 0.1) is 0 Å². The minimum absolute atomic E-state index is 0.0474. The van der Waals surface area contributed by atoms with Gasteiger partial charge in [-0.05, 0) is 44.0 Å². The molecule has 0 unspecified atom stereocenters. The quantitative estimate of drug-likeness (QED) is 0.672. The summed E-state index contributed by atoms with van der Waals surface area (Å²) in [6, 6.07) is 15.4. The van der Waals surface area contributed by atoms with Crippen LogP contribution in [0.25, 0.3) is 11.5 Å². The van der Waals surface area contributed by atoms with Crippen LogP contribution in [0.3, 0.4) is 0 Å². The number of amides is 1. The van der Waals surface area contributed by atoms with Gasteiger partial charge in [-0.15, -0.1) is 10.2 Å². The summed E-state index contributed by atoms with van der Waals surface area (Å²) in [5, 5.41) is 12.7. The van der Waals surface area contributed by atoms with Gasteiger partial charge in [0, 0.05) is 18.4 Å². The molecule has 0 aliphatic heterocycles. The van der Waals surface area contributed by atoms with Crippen LogP contribution in [-0.2, 0) is 11.3 Å². The number of pyridine rings is 1. The van der Waals surface area contributed by atoms with Crippen molar-refractivity contribution in [1.82, 2.24) is 19.7 Å². The molecular weight excluding hydrogens is 370 g/mol. The third-order valence-corrected chi connectivity index (χ3v) is 6.54. The zero-order valence-electron chi connectivity index (χ0n) is 15.8. The van der Waals surface area contributed by atoms with Crippen LogP contribution in [0.15, 0.2) is 59.9 Å². The Morgan fingerprint density at radius 1 is 1.11 bits per heavy atom. The van der Waals surface area contributed by atoms with E-state index < -0.39 is 4.75 Å². The van der Waals surface area contributed by atoms with Crippen molar-refractivity contribution in [1.29, 1.82) is 0 Å². The zero-order valence-corrected chi connectivity index (χ0v) is 16.7. The van der Waals surface area contributed by atoms with Crippen LogP contribution in [-0.4, -0.2) is 30.4 Å². The van der Waals surface area contributed by atoms with Crippen LogP contribution in [0, 0.1) is 0 Å².